The molecule has 0 spiro atoms. The average molecular weight is 707 g/mol. The molecule has 0 saturated heterocycles. The number of thiophene rings is 1. The van der Waals surface area contributed by atoms with Crippen molar-refractivity contribution in [1.29, 1.82) is 5.26 Å². The van der Waals surface area contributed by atoms with Crippen LogP contribution in [0.5, 0.6) is 0 Å². The van der Waals surface area contributed by atoms with Gasteiger partial charge in [-0.3, -0.25) is 4.57 Å². The maximum atomic E-state index is 9.76. The third kappa shape index (κ3) is 4.64. The summed E-state index contributed by atoms with van der Waals surface area (Å²) in [5, 5.41) is 17.8. The van der Waals surface area contributed by atoms with Crippen LogP contribution in [0.1, 0.15) is 5.56 Å². The van der Waals surface area contributed by atoms with Crippen LogP contribution in [-0.4, -0.2) is 24.5 Å². The molecular weight excluding hydrogens is 681 g/mol. The highest BCUT2D eigenvalue weighted by atomic mass is 32.1. The number of fused-ring (bicyclic) bond motifs is 10. The molecule has 4 heterocycles. The van der Waals surface area contributed by atoms with Crippen molar-refractivity contribution in [2.75, 3.05) is 0 Å². The Kier molecular flexibility index (Phi) is 6.68. The van der Waals surface area contributed by atoms with E-state index in [4.69, 9.17) is 19.9 Å². The van der Waals surface area contributed by atoms with E-state index in [9.17, 15) is 5.26 Å². The maximum absolute atomic E-state index is 9.76. The summed E-state index contributed by atoms with van der Waals surface area (Å²) < 4.78 is 4.51. The van der Waals surface area contributed by atoms with Gasteiger partial charge < -0.3 is 0 Å². The van der Waals surface area contributed by atoms with Gasteiger partial charge in [0.2, 0.25) is 5.95 Å². The van der Waals surface area contributed by atoms with E-state index >= 15 is 0 Å². The molecule has 11 aromatic rings. The molecule has 0 bridgehead atoms. The zero-order chi connectivity index (χ0) is 35.8. The van der Waals surface area contributed by atoms with E-state index in [1.54, 1.807) is 17.4 Å². The Bertz CT molecular complexity index is 3300. The fourth-order valence-electron chi connectivity index (χ4n) is 7.85. The van der Waals surface area contributed by atoms with Crippen molar-refractivity contribution in [2.24, 2.45) is 0 Å². The van der Waals surface area contributed by atoms with Gasteiger partial charge in [-0.25, -0.2) is 9.97 Å². The van der Waals surface area contributed by atoms with Crippen LogP contribution in [0.25, 0.3) is 104 Å². The third-order valence-corrected chi connectivity index (χ3v) is 11.4. The van der Waals surface area contributed by atoms with E-state index in [1.165, 1.54) is 20.2 Å². The van der Waals surface area contributed by atoms with Crippen molar-refractivity contribution in [2.45, 2.75) is 0 Å². The van der Waals surface area contributed by atoms with Gasteiger partial charge in [0, 0.05) is 63.8 Å². The van der Waals surface area contributed by atoms with E-state index in [0.29, 0.717) is 23.2 Å². The van der Waals surface area contributed by atoms with Crippen molar-refractivity contribution in [1.82, 2.24) is 24.5 Å². The summed E-state index contributed by atoms with van der Waals surface area (Å²) >= 11 is 1.79. The molecule has 0 amide bonds. The molecule has 0 N–H and O–H groups in total. The Labute approximate surface area is 312 Å². The van der Waals surface area contributed by atoms with Crippen molar-refractivity contribution in [3.8, 4) is 46.1 Å². The lowest BCUT2D eigenvalue weighted by molar-refractivity contribution is 0.953. The number of rotatable bonds is 4. The van der Waals surface area contributed by atoms with E-state index in [2.05, 4.69) is 126 Å². The fourth-order valence-corrected chi connectivity index (χ4v) is 8.95. The summed E-state index contributed by atoms with van der Waals surface area (Å²) in [5.74, 6) is 1.57. The van der Waals surface area contributed by atoms with Crippen LogP contribution in [0.4, 0.5) is 0 Å². The first-order valence-corrected chi connectivity index (χ1v) is 18.5. The number of benzene rings is 7. The smallest absolute Gasteiger partial charge is 0.238 e. The van der Waals surface area contributed by atoms with E-state index < -0.39 is 0 Å². The normalized spacial score (nSPS) is 11.7. The minimum Gasteiger partial charge on any atom is -0.278 e. The first kappa shape index (κ1) is 30.4. The van der Waals surface area contributed by atoms with Crippen molar-refractivity contribution in [3.05, 3.63) is 163 Å². The largest absolute Gasteiger partial charge is 0.278 e. The van der Waals surface area contributed by atoms with E-state index in [-0.39, 0.29) is 0 Å². The average Bonchev–Trinajstić information content (AvgIpc) is 3.79. The van der Waals surface area contributed by atoms with Crippen LogP contribution in [0.15, 0.2) is 158 Å². The minimum atomic E-state index is 0.499. The maximum Gasteiger partial charge on any atom is 0.238 e. The van der Waals surface area contributed by atoms with Crippen molar-refractivity contribution < 1.29 is 0 Å². The molecule has 0 radical (unpaired) electrons. The van der Waals surface area contributed by atoms with Crippen molar-refractivity contribution in [3.63, 3.8) is 0 Å². The second-order valence-electron chi connectivity index (χ2n) is 13.4. The Hall–Kier alpha value is -7.27. The van der Waals surface area contributed by atoms with E-state index in [0.717, 1.165) is 65.9 Å². The van der Waals surface area contributed by atoms with Gasteiger partial charge in [0.05, 0.1) is 33.9 Å². The monoisotopic (exact) mass is 706 g/mol. The number of pyridine rings is 1. The van der Waals surface area contributed by atoms with Gasteiger partial charge in [-0.2, -0.15) is 15.2 Å². The number of nitriles is 1. The van der Waals surface area contributed by atoms with Gasteiger partial charge in [-0.05, 0) is 54.6 Å². The summed E-state index contributed by atoms with van der Waals surface area (Å²) in [6.45, 7) is 0. The van der Waals surface area contributed by atoms with Crippen LogP contribution in [0, 0.1) is 11.3 Å². The molecule has 7 heteroatoms. The van der Waals surface area contributed by atoms with Gasteiger partial charge >= 0.3 is 0 Å². The van der Waals surface area contributed by atoms with Gasteiger partial charge in [0.15, 0.2) is 11.6 Å². The highest BCUT2D eigenvalue weighted by molar-refractivity contribution is 7.26. The predicted molar refractivity (Wildman–Crippen MR) is 221 cm³/mol. The summed E-state index contributed by atoms with van der Waals surface area (Å²) in [5.41, 5.74) is 7.21. The second kappa shape index (κ2) is 11.9. The first-order chi connectivity index (χ1) is 26.7. The molecule has 0 atom stereocenters. The molecule has 0 aliphatic heterocycles. The third-order valence-electron chi connectivity index (χ3n) is 10.3. The van der Waals surface area contributed by atoms with Crippen LogP contribution in [0.3, 0.4) is 0 Å². The lowest BCUT2D eigenvalue weighted by Crippen LogP contribution is -2.06. The summed E-state index contributed by atoms with van der Waals surface area (Å²) in [7, 11) is 0. The molecular formula is C47H26N6S. The molecule has 54 heavy (non-hydrogen) atoms. The molecule has 0 unspecified atom stereocenters. The fraction of sp³-hybridized carbons (Fsp3) is 0. The lowest BCUT2D eigenvalue weighted by Gasteiger charge is -2.12. The quantitative estimate of drug-likeness (QED) is 0.170. The van der Waals surface area contributed by atoms with Crippen LogP contribution >= 0.6 is 11.3 Å². The minimum absolute atomic E-state index is 0.499. The molecule has 250 valence electrons. The van der Waals surface area contributed by atoms with E-state index in [1.807, 2.05) is 36.4 Å². The standard InChI is InChI=1S/C47H26N6S/c48-27-28-11-10-14-30(25-28)45-50-46(52-47(51-45)53-38-19-8-5-15-32(38)33-16-6-9-20-39(33)53)31-21-23-40-36(26-31)43-41(54-40)24-22-35-42(43)34-17-4-7-18-37(34)49-44(35)29-12-2-1-3-13-29/h1-26H. The second-order valence-corrected chi connectivity index (χ2v) is 14.4. The summed E-state index contributed by atoms with van der Waals surface area (Å²) in [6, 6.07) is 56.2. The predicted octanol–water partition coefficient (Wildman–Crippen LogP) is 11.9. The number of hydrogen-bond acceptors (Lipinski definition) is 6. The Morgan fingerprint density at radius 2 is 1.11 bits per heavy atom. The van der Waals surface area contributed by atoms with Gasteiger partial charge in [-0.15, -0.1) is 11.3 Å². The topological polar surface area (TPSA) is 80.3 Å². The zero-order valence-corrected chi connectivity index (χ0v) is 29.4. The number of para-hydroxylation sites is 3. The highest BCUT2D eigenvalue weighted by Crippen LogP contribution is 2.44. The van der Waals surface area contributed by atoms with Crippen LogP contribution in [0.2, 0.25) is 0 Å². The molecule has 0 fully saturated rings. The van der Waals surface area contributed by atoms with Gasteiger partial charge in [0.1, 0.15) is 0 Å². The highest BCUT2D eigenvalue weighted by Gasteiger charge is 2.20. The Morgan fingerprint density at radius 1 is 0.463 bits per heavy atom. The molecule has 0 aliphatic rings. The molecule has 0 saturated carbocycles. The Morgan fingerprint density at radius 3 is 1.87 bits per heavy atom. The lowest BCUT2D eigenvalue weighted by atomic mass is 9.96. The van der Waals surface area contributed by atoms with Crippen molar-refractivity contribution >= 4 is 75.0 Å². The van der Waals surface area contributed by atoms with Crippen LogP contribution in [-0.2, 0) is 0 Å². The molecule has 7 aromatic carbocycles. The van der Waals surface area contributed by atoms with Gasteiger partial charge in [-0.1, -0.05) is 103 Å². The first-order valence-electron chi connectivity index (χ1n) is 17.7. The van der Waals surface area contributed by atoms with Crippen LogP contribution < -0.4 is 0 Å². The van der Waals surface area contributed by atoms with Gasteiger partial charge in [0.25, 0.3) is 0 Å². The number of hydrogen-bond donors (Lipinski definition) is 0. The molecule has 6 nitrogen and oxygen atoms in total. The Balaban J connectivity index is 1.21. The number of nitrogens with zero attached hydrogens (tertiary/aromatic N) is 6. The molecule has 0 aliphatic carbocycles. The number of aromatic nitrogens is 5. The summed E-state index contributed by atoms with van der Waals surface area (Å²) in [6.07, 6.45) is 0. The SMILES string of the molecule is N#Cc1cccc(-c2nc(-c3ccc4sc5ccc6c(-c7ccccc7)nc7ccccc7c6c5c4c3)nc(-n3c4ccccc4c4ccccc43)n2)c1. The zero-order valence-electron chi connectivity index (χ0n) is 28.6. The summed E-state index contributed by atoms with van der Waals surface area (Å²) in [4.78, 5) is 20.6. The molecule has 11 rings (SSSR count). The molecule has 4 aromatic heterocycles.